The number of halogens is 1. The maximum atomic E-state index is 12.9. The van der Waals surface area contributed by atoms with E-state index in [9.17, 15) is 4.79 Å². The first-order chi connectivity index (χ1) is 11.2. The van der Waals surface area contributed by atoms with Gasteiger partial charge in [-0.05, 0) is 42.7 Å². The van der Waals surface area contributed by atoms with Crippen LogP contribution in [0.5, 0.6) is 11.5 Å². The van der Waals surface area contributed by atoms with Crippen molar-refractivity contribution in [2.75, 3.05) is 12.1 Å². The van der Waals surface area contributed by atoms with E-state index >= 15 is 0 Å². The van der Waals surface area contributed by atoms with Crippen LogP contribution in [0.4, 0.5) is 5.69 Å². The van der Waals surface area contributed by atoms with Gasteiger partial charge in [0.15, 0.2) is 11.5 Å². The molecule has 2 aromatic carbocycles. The Labute approximate surface area is 139 Å². The van der Waals surface area contributed by atoms with Gasteiger partial charge in [-0.25, -0.2) is 0 Å². The fourth-order valence-electron chi connectivity index (χ4n) is 3.17. The molecule has 23 heavy (non-hydrogen) atoms. The normalized spacial score (nSPS) is 17.4. The molecule has 0 saturated heterocycles. The van der Waals surface area contributed by atoms with E-state index in [1.807, 2.05) is 36.4 Å². The van der Waals surface area contributed by atoms with Crippen LogP contribution in [-0.4, -0.2) is 12.7 Å². The van der Waals surface area contributed by atoms with Crippen LogP contribution in [0.25, 0.3) is 0 Å². The molecule has 1 heterocycles. The van der Waals surface area contributed by atoms with E-state index in [4.69, 9.17) is 21.1 Å². The maximum absolute atomic E-state index is 12.9. The van der Waals surface area contributed by atoms with Crippen LogP contribution >= 0.6 is 11.6 Å². The molecule has 1 amide bonds. The lowest BCUT2D eigenvalue weighted by atomic mass is 9.64. The summed E-state index contributed by atoms with van der Waals surface area (Å²) in [6.45, 7) is 0.224. The second kappa shape index (κ2) is 5.46. The van der Waals surface area contributed by atoms with Crippen molar-refractivity contribution in [3.05, 3.63) is 53.1 Å². The van der Waals surface area contributed by atoms with Gasteiger partial charge in [-0.15, -0.1) is 0 Å². The summed E-state index contributed by atoms with van der Waals surface area (Å²) in [5, 5.41) is 3.70. The number of fused-ring (bicyclic) bond motifs is 1. The molecule has 2 aliphatic rings. The molecule has 2 aromatic rings. The Bertz CT molecular complexity index is 753. The number of hydrogen-bond donors (Lipinski definition) is 1. The van der Waals surface area contributed by atoms with Crippen LogP contribution in [0.2, 0.25) is 5.02 Å². The van der Waals surface area contributed by atoms with Gasteiger partial charge in [-0.3, -0.25) is 4.79 Å². The number of carbonyl (C=O) groups excluding carboxylic acids is 1. The van der Waals surface area contributed by atoms with Crippen LogP contribution in [0, 0.1) is 0 Å². The molecule has 4 rings (SSSR count). The molecule has 1 N–H and O–H groups in total. The van der Waals surface area contributed by atoms with Crippen molar-refractivity contribution in [2.24, 2.45) is 0 Å². The zero-order valence-corrected chi connectivity index (χ0v) is 13.2. The number of carbonyl (C=O) groups is 1. The van der Waals surface area contributed by atoms with Crippen molar-refractivity contribution in [3.63, 3.8) is 0 Å². The zero-order valence-electron chi connectivity index (χ0n) is 12.5. The molecule has 1 saturated carbocycles. The predicted molar refractivity (Wildman–Crippen MR) is 88.2 cm³/mol. The highest BCUT2D eigenvalue weighted by Gasteiger charge is 2.45. The van der Waals surface area contributed by atoms with Crippen molar-refractivity contribution in [1.29, 1.82) is 0 Å². The van der Waals surface area contributed by atoms with Gasteiger partial charge >= 0.3 is 0 Å². The van der Waals surface area contributed by atoms with Gasteiger partial charge in [-0.1, -0.05) is 30.2 Å². The SMILES string of the molecule is O=C(Nc1ccc2c(c1)OCO2)C1(c2ccc(Cl)cc2)CCC1. The minimum Gasteiger partial charge on any atom is -0.454 e. The Morgan fingerprint density at radius 2 is 1.78 bits per heavy atom. The number of nitrogens with one attached hydrogen (secondary N) is 1. The van der Waals surface area contributed by atoms with Crippen LogP contribution < -0.4 is 14.8 Å². The Kier molecular flexibility index (Phi) is 3.42. The van der Waals surface area contributed by atoms with Crippen molar-refractivity contribution in [2.45, 2.75) is 24.7 Å². The molecular weight excluding hydrogens is 314 g/mol. The monoisotopic (exact) mass is 329 g/mol. The average molecular weight is 330 g/mol. The minimum atomic E-state index is -0.457. The van der Waals surface area contributed by atoms with Crippen LogP contribution in [0.3, 0.4) is 0 Å². The van der Waals surface area contributed by atoms with Gasteiger partial charge < -0.3 is 14.8 Å². The molecule has 0 aromatic heterocycles. The first kappa shape index (κ1) is 14.4. The second-order valence-electron chi connectivity index (χ2n) is 5.96. The molecule has 0 bridgehead atoms. The lowest BCUT2D eigenvalue weighted by Crippen LogP contribution is -2.45. The summed E-state index contributed by atoms with van der Waals surface area (Å²) in [6, 6.07) is 13.0. The van der Waals surface area contributed by atoms with Crippen molar-refractivity contribution in [1.82, 2.24) is 0 Å². The molecule has 0 radical (unpaired) electrons. The summed E-state index contributed by atoms with van der Waals surface area (Å²) in [5.41, 5.74) is 1.28. The minimum absolute atomic E-state index is 0.0185. The highest BCUT2D eigenvalue weighted by atomic mass is 35.5. The molecule has 4 nitrogen and oxygen atoms in total. The van der Waals surface area contributed by atoms with Gasteiger partial charge in [0.25, 0.3) is 0 Å². The number of rotatable bonds is 3. The zero-order chi connectivity index (χ0) is 15.9. The molecule has 1 aliphatic heterocycles. The van der Waals surface area contributed by atoms with Gasteiger partial charge in [0, 0.05) is 16.8 Å². The quantitative estimate of drug-likeness (QED) is 0.921. The summed E-state index contributed by atoms with van der Waals surface area (Å²) in [5.74, 6) is 1.39. The lowest BCUT2D eigenvalue weighted by Gasteiger charge is -2.40. The Balaban J connectivity index is 1.58. The third kappa shape index (κ3) is 2.43. The fraction of sp³-hybridized carbons (Fsp3) is 0.278. The largest absolute Gasteiger partial charge is 0.454 e. The standard InChI is InChI=1S/C18H16ClNO3/c19-13-4-2-12(3-5-13)18(8-1-9-18)17(21)20-14-6-7-15-16(10-14)23-11-22-15/h2-7,10H,1,8-9,11H2,(H,20,21). The molecular formula is C18H16ClNO3. The smallest absolute Gasteiger partial charge is 0.235 e. The predicted octanol–water partition coefficient (Wildman–Crippen LogP) is 4.13. The number of amides is 1. The molecule has 5 heteroatoms. The van der Waals surface area contributed by atoms with E-state index in [1.54, 1.807) is 6.07 Å². The summed E-state index contributed by atoms with van der Waals surface area (Å²) in [4.78, 5) is 12.9. The topological polar surface area (TPSA) is 47.6 Å². The third-order valence-corrected chi connectivity index (χ3v) is 4.92. The van der Waals surface area contributed by atoms with Crippen molar-refractivity contribution < 1.29 is 14.3 Å². The van der Waals surface area contributed by atoms with Crippen molar-refractivity contribution >= 4 is 23.2 Å². The van der Waals surface area contributed by atoms with Gasteiger partial charge in [0.2, 0.25) is 12.7 Å². The highest BCUT2D eigenvalue weighted by Crippen LogP contribution is 2.45. The first-order valence-corrected chi connectivity index (χ1v) is 8.02. The van der Waals surface area contributed by atoms with Crippen LogP contribution in [0.15, 0.2) is 42.5 Å². The maximum Gasteiger partial charge on any atom is 0.235 e. The van der Waals surface area contributed by atoms with Gasteiger partial charge in [-0.2, -0.15) is 0 Å². The first-order valence-electron chi connectivity index (χ1n) is 7.65. The Morgan fingerprint density at radius 3 is 2.48 bits per heavy atom. The van der Waals surface area contributed by atoms with Crippen molar-refractivity contribution in [3.8, 4) is 11.5 Å². The number of anilines is 1. The van der Waals surface area contributed by atoms with E-state index < -0.39 is 5.41 Å². The van der Waals surface area contributed by atoms with Gasteiger partial charge in [0.05, 0.1) is 5.41 Å². The van der Waals surface area contributed by atoms with Crippen LogP contribution in [-0.2, 0) is 10.2 Å². The Hall–Kier alpha value is -2.20. The number of ether oxygens (including phenoxy) is 2. The van der Waals surface area contributed by atoms with E-state index in [-0.39, 0.29) is 12.7 Å². The fourth-order valence-corrected chi connectivity index (χ4v) is 3.30. The summed E-state index contributed by atoms with van der Waals surface area (Å²) >= 11 is 5.96. The summed E-state index contributed by atoms with van der Waals surface area (Å²) in [6.07, 6.45) is 2.76. The third-order valence-electron chi connectivity index (χ3n) is 4.67. The van der Waals surface area contributed by atoms with E-state index in [0.29, 0.717) is 16.5 Å². The molecule has 0 unspecified atom stereocenters. The summed E-state index contributed by atoms with van der Waals surface area (Å²) < 4.78 is 10.6. The number of benzene rings is 2. The molecule has 1 fully saturated rings. The number of hydrogen-bond acceptors (Lipinski definition) is 3. The Morgan fingerprint density at radius 1 is 1.04 bits per heavy atom. The molecule has 0 atom stereocenters. The average Bonchev–Trinajstić information content (AvgIpc) is 2.95. The second-order valence-corrected chi connectivity index (χ2v) is 6.40. The summed E-state index contributed by atoms with van der Waals surface area (Å²) in [7, 11) is 0. The van der Waals surface area contributed by atoms with Crippen LogP contribution in [0.1, 0.15) is 24.8 Å². The van der Waals surface area contributed by atoms with E-state index in [2.05, 4.69) is 5.32 Å². The molecule has 118 valence electrons. The van der Waals surface area contributed by atoms with Gasteiger partial charge in [0.1, 0.15) is 0 Å². The van der Waals surface area contributed by atoms with E-state index in [0.717, 1.165) is 30.5 Å². The van der Waals surface area contributed by atoms with E-state index in [1.165, 1.54) is 0 Å². The molecule has 0 spiro atoms. The molecule has 1 aliphatic carbocycles. The lowest BCUT2D eigenvalue weighted by molar-refractivity contribution is -0.124. The highest BCUT2D eigenvalue weighted by molar-refractivity contribution is 6.30.